The molecule has 0 bridgehead atoms. The number of amides is 1. The molecule has 174 valence electrons. The van der Waals surface area contributed by atoms with E-state index in [1.807, 2.05) is 55.5 Å². The minimum atomic E-state index is -0.0807. The molecule has 1 aliphatic heterocycles. The fraction of sp³-hybridized carbons (Fsp3) is 0.185. The molecule has 1 fully saturated rings. The van der Waals surface area contributed by atoms with Gasteiger partial charge in [0, 0.05) is 22.8 Å². The summed E-state index contributed by atoms with van der Waals surface area (Å²) in [6.45, 7) is 3.18. The van der Waals surface area contributed by atoms with E-state index in [0.29, 0.717) is 18.1 Å². The van der Waals surface area contributed by atoms with Gasteiger partial charge in [0.15, 0.2) is 0 Å². The Hall–Kier alpha value is -4.48. The van der Waals surface area contributed by atoms with E-state index in [1.54, 1.807) is 12.4 Å². The third kappa shape index (κ3) is 5.37. The Kier molecular flexibility index (Phi) is 6.50. The van der Waals surface area contributed by atoms with E-state index in [4.69, 9.17) is 4.74 Å². The lowest BCUT2D eigenvalue weighted by Crippen LogP contribution is -2.53. The summed E-state index contributed by atoms with van der Waals surface area (Å²) in [5, 5.41) is 10.2. The second kappa shape index (κ2) is 10.2. The summed E-state index contributed by atoms with van der Waals surface area (Å²) < 4.78 is 5.92. The number of anilines is 2. The van der Waals surface area contributed by atoms with Gasteiger partial charge >= 0.3 is 0 Å². The fourth-order valence-electron chi connectivity index (χ4n) is 3.66. The molecule has 35 heavy (non-hydrogen) atoms. The lowest BCUT2D eigenvalue weighted by molar-refractivity contribution is -0.124. The summed E-state index contributed by atoms with van der Waals surface area (Å²) in [7, 11) is 0. The normalized spacial score (nSPS) is 14.4. The van der Waals surface area contributed by atoms with E-state index in [9.17, 15) is 4.79 Å². The van der Waals surface area contributed by atoms with Crippen molar-refractivity contribution in [1.29, 1.82) is 0 Å². The molecule has 8 heteroatoms. The monoisotopic (exact) mass is 464 g/mol. The van der Waals surface area contributed by atoms with E-state index < -0.39 is 0 Å². The molecular formula is C27H24N6O2. The van der Waals surface area contributed by atoms with E-state index >= 15 is 0 Å². The number of benzene rings is 2. The zero-order valence-electron chi connectivity index (χ0n) is 19.2. The molecule has 0 aliphatic carbocycles. The molecule has 0 radical (unpaired) electrons. The smallest absolute Gasteiger partial charge is 0.237 e. The van der Waals surface area contributed by atoms with Gasteiger partial charge < -0.3 is 20.7 Å². The van der Waals surface area contributed by atoms with Gasteiger partial charge in [-0.2, -0.15) is 0 Å². The van der Waals surface area contributed by atoms with Crippen LogP contribution in [0.3, 0.4) is 0 Å². The van der Waals surface area contributed by atoms with Gasteiger partial charge in [-0.3, -0.25) is 9.78 Å². The summed E-state index contributed by atoms with van der Waals surface area (Å²) in [6.07, 6.45) is 5.80. The SMILES string of the molecule is Cc1cc(Nc2ncnc3ccc(C#CCNC(=O)C4CCN4)cc23)ccc1Oc1cccnc1. The minimum absolute atomic E-state index is 0.00362. The van der Waals surface area contributed by atoms with Gasteiger partial charge in [-0.25, -0.2) is 9.97 Å². The van der Waals surface area contributed by atoms with Crippen LogP contribution < -0.4 is 20.7 Å². The Morgan fingerprint density at radius 1 is 1.20 bits per heavy atom. The number of aromatic nitrogens is 3. The topological polar surface area (TPSA) is 101 Å². The molecule has 1 amide bonds. The first-order valence-corrected chi connectivity index (χ1v) is 11.4. The molecule has 1 aliphatic rings. The zero-order valence-corrected chi connectivity index (χ0v) is 19.2. The van der Waals surface area contributed by atoms with Gasteiger partial charge in [0.1, 0.15) is 23.6 Å². The van der Waals surface area contributed by atoms with Crippen LogP contribution in [0.1, 0.15) is 17.5 Å². The predicted octanol–water partition coefficient (Wildman–Crippen LogP) is 3.70. The number of fused-ring (bicyclic) bond motifs is 1. The first-order valence-electron chi connectivity index (χ1n) is 11.4. The highest BCUT2D eigenvalue weighted by Gasteiger charge is 2.23. The van der Waals surface area contributed by atoms with Crippen LogP contribution in [0.4, 0.5) is 11.5 Å². The molecule has 3 heterocycles. The van der Waals surface area contributed by atoms with Crippen molar-refractivity contribution in [3.8, 4) is 23.3 Å². The van der Waals surface area contributed by atoms with Gasteiger partial charge in [0.2, 0.25) is 5.91 Å². The Bertz CT molecular complexity index is 1420. The van der Waals surface area contributed by atoms with Crippen molar-refractivity contribution < 1.29 is 9.53 Å². The second-order valence-corrected chi connectivity index (χ2v) is 8.17. The van der Waals surface area contributed by atoms with Crippen LogP contribution in [0.25, 0.3) is 10.9 Å². The number of aryl methyl sites for hydroxylation is 1. The average Bonchev–Trinajstić information content (AvgIpc) is 2.83. The molecule has 4 aromatic rings. The van der Waals surface area contributed by atoms with Gasteiger partial charge in [-0.1, -0.05) is 11.8 Å². The molecule has 1 saturated heterocycles. The Morgan fingerprint density at radius 3 is 2.89 bits per heavy atom. The summed E-state index contributed by atoms with van der Waals surface area (Å²) in [5.41, 5.74) is 3.49. The Balaban J connectivity index is 1.30. The largest absolute Gasteiger partial charge is 0.455 e. The van der Waals surface area contributed by atoms with Crippen molar-refractivity contribution in [2.75, 3.05) is 18.4 Å². The van der Waals surface area contributed by atoms with E-state index in [0.717, 1.165) is 46.4 Å². The maximum atomic E-state index is 11.9. The van der Waals surface area contributed by atoms with Crippen LogP contribution in [0.15, 0.2) is 67.3 Å². The minimum Gasteiger partial charge on any atom is -0.455 e. The highest BCUT2D eigenvalue weighted by atomic mass is 16.5. The first-order chi connectivity index (χ1) is 17.2. The van der Waals surface area contributed by atoms with Crippen LogP contribution in [0.5, 0.6) is 11.5 Å². The van der Waals surface area contributed by atoms with Crippen LogP contribution in [-0.4, -0.2) is 40.0 Å². The maximum absolute atomic E-state index is 11.9. The summed E-state index contributed by atoms with van der Waals surface area (Å²) in [4.78, 5) is 24.8. The van der Waals surface area contributed by atoms with Crippen LogP contribution >= 0.6 is 0 Å². The van der Waals surface area contributed by atoms with E-state index in [2.05, 4.69) is 42.7 Å². The number of nitrogens with zero attached hydrogens (tertiary/aromatic N) is 3. The van der Waals surface area contributed by atoms with Crippen LogP contribution in [-0.2, 0) is 4.79 Å². The molecule has 2 aromatic heterocycles. The van der Waals surface area contributed by atoms with E-state index in [-0.39, 0.29) is 11.9 Å². The number of hydrogen-bond donors (Lipinski definition) is 3. The molecule has 1 unspecified atom stereocenters. The van der Waals surface area contributed by atoms with Crippen molar-refractivity contribution in [3.05, 3.63) is 78.4 Å². The lowest BCUT2D eigenvalue weighted by atomic mass is 10.1. The third-order valence-electron chi connectivity index (χ3n) is 5.66. The molecule has 1 atom stereocenters. The number of rotatable bonds is 6. The molecule has 0 spiro atoms. The van der Waals surface area contributed by atoms with Crippen LogP contribution in [0.2, 0.25) is 0 Å². The molecular weight excluding hydrogens is 440 g/mol. The van der Waals surface area contributed by atoms with Crippen molar-refractivity contribution in [2.24, 2.45) is 0 Å². The van der Waals surface area contributed by atoms with Gasteiger partial charge in [-0.15, -0.1) is 0 Å². The predicted molar refractivity (Wildman–Crippen MR) is 135 cm³/mol. The van der Waals surface area contributed by atoms with E-state index in [1.165, 1.54) is 6.33 Å². The maximum Gasteiger partial charge on any atom is 0.237 e. The highest BCUT2D eigenvalue weighted by Crippen LogP contribution is 2.29. The first kappa shape index (κ1) is 22.3. The number of pyridine rings is 1. The van der Waals surface area contributed by atoms with Gasteiger partial charge in [-0.05, 0) is 74.0 Å². The van der Waals surface area contributed by atoms with Gasteiger partial charge in [0.25, 0.3) is 0 Å². The standard InChI is InChI=1S/C27H24N6O2/c1-18-14-20(7-9-25(18)35-21-5-3-11-28-16-21)33-26-22-15-19(6-8-23(22)31-17-32-26)4-2-12-30-27(34)24-10-13-29-24/h3,5-9,11,14-17,24,29H,10,12-13H2,1H3,(H,30,34)(H,31,32,33). The van der Waals surface area contributed by atoms with Crippen molar-refractivity contribution in [2.45, 2.75) is 19.4 Å². The van der Waals surface area contributed by atoms with Crippen molar-refractivity contribution >= 4 is 28.3 Å². The number of ether oxygens (including phenoxy) is 1. The van der Waals surface area contributed by atoms with Crippen molar-refractivity contribution in [3.63, 3.8) is 0 Å². The van der Waals surface area contributed by atoms with Gasteiger partial charge in [0.05, 0.1) is 24.3 Å². The van der Waals surface area contributed by atoms with Crippen LogP contribution in [0, 0.1) is 18.8 Å². The molecule has 2 aromatic carbocycles. The summed E-state index contributed by atoms with van der Waals surface area (Å²) >= 11 is 0. The molecule has 3 N–H and O–H groups in total. The zero-order chi connectivity index (χ0) is 24.0. The number of carbonyl (C=O) groups excluding carboxylic acids is 1. The second-order valence-electron chi connectivity index (χ2n) is 8.17. The molecule has 8 nitrogen and oxygen atoms in total. The summed E-state index contributed by atoms with van der Waals surface area (Å²) in [6, 6.07) is 15.3. The molecule has 5 rings (SSSR count). The molecule has 0 saturated carbocycles. The Morgan fingerprint density at radius 2 is 2.11 bits per heavy atom. The number of hydrogen-bond acceptors (Lipinski definition) is 7. The average molecular weight is 465 g/mol. The number of carbonyl (C=O) groups is 1. The lowest BCUT2D eigenvalue weighted by Gasteiger charge is -2.25. The Labute approximate surface area is 203 Å². The fourth-order valence-corrected chi connectivity index (χ4v) is 3.66. The van der Waals surface area contributed by atoms with Crippen molar-refractivity contribution in [1.82, 2.24) is 25.6 Å². The summed E-state index contributed by atoms with van der Waals surface area (Å²) in [5.74, 6) is 8.25. The number of nitrogens with one attached hydrogen (secondary N) is 3. The third-order valence-corrected chi connectivity index (χ3v) is 5.66. The quantitative estimate of drug-likeness (QED) is 0.374. The highest BCUT2D eigenvalue weighted by molar-refractivity contribution is 5.91.